The number of ketones is 1. The molecule has 0 bridgehead atoms. The Kier molecular flexibility index (Phi) is 5.25. The summed E-state index contributed by atoms with van der Waals surface area (Å²) in [6, 6.07) is 7.83. The van der Waals surface area contributed by atoms with Gasteiger partial charge in [0.15, 0.2) is 5.69 Å². The van der Waals surface area contributed by atoms with Crippen LogP contribution in [0.5, 0.6) is 5.75 Å². The molecule has 0 spiro atoms. The Labute approximate surface area is 155 Å². The maximum Gasteiger partial charge on any atom is 0.338 e. The normalized spacial score (nSPS) is 10.6. The van der Waals surface area contributed by atoms with Gasteiger partial charge >= 0.3 is 5.97 Å². The van der Waals surface area contributed by atoms with Gasteiger partial charge in [-0.15, -0.1) is 0 Å². The topological polar surface area (TPSA) is 105 Å². The van der Waals surface area contributed by atoms with Gasteiger partial charge in [-0.05, 0) is 31.2 Å². The van der Waals surface area contributed by atoms with Crippen molar-refractivity contribution in [1.29, 1.82) is 0 Å². The summed E-state index contributed by atoms with van der Waals surface area (Å²) in [7, 11) is 0. The van der Waals surface area contributed by atoms with E-state index in [2.05, 4.69) is 9.97 Å². The molecule has 0 aliphatic rings. The predicted octanol–water partition coefficient (Wildman–Crippen LogP) is 2.22. The van der Waals surface area contributed by atoms with E-state index in [0.29, 0.717) is 28.2 Å². The number of hydrogen-bond donors (Lipinski definition) is 0. The monoisotopic (exact) mass is 367 g/mol. The Balaban J connectivity index is 1.96. The molecule has 0 unspecified atom stereocenters. The van der Waals surface area contributed by atoms with Crippen LogP contribution in [0.25, 0.3) is 11.0 Å². The summed E-state index contributed by atoms with van der Waals surface area (Å²) in [4.78, 5) is 32.3. The molecule has 3 aromatic rings. The summed E-state index contributed by atoms with van der Waals surface area (Å²) in [6.45, 7) is 3.23. The summed E-state index contributed by atoms with van der Waals surface area (Å²) in [6.07, 6.45) is 2.93. The molecule has 1 aromatic carbocycles. The fourth-order valence-electron chi connectivity index (χ4n) is 2.60. The highest BCUT2D eigenvalue weighted by atomic mass is 16.5. The van der Waals surface area contributed by atoms with Gasteiger partial charge in [0.05, 0.1) is 18.2 Å². The first-order valence-electron chi connectivity index (χ1n) is 8.28. The van der Waals surface area contributed by atoms with E-state index in [1.807, 2.05) is 6.92 Å². The Bertz CT molecular complexity index is 1010. The minimum Gasteiger partial charge on any atom is -0.618 e. The fraction of sp³-hybridized carbons (Fsp3) is 0.211. The lowest BCUT2D eigenvalue weighted by Gasteiger charge is -2.11. The zero-order valence-electron chi connectivity index (χ0n) is 14.8. The van der Waals surface area contributed by atoms with E-state index in [1.165, 1.54) is 37.5 Å². The zero-order valence-corrected chi connectivity index (χ0v) is 14.8. The predicted molar refractivity (Wildman–Crippen MR) is 95.2 cm³/mol. The molecule has 2 heterocycles. The van der Waals surface area contributed by atoms with Crippen LogP contribution in [0.15, 0.2) is 42.7 Å². The van der Waals surface area contributed by atoms with E-state index in [4.69, 9.17) is 9.47 Å². The van der Waals surface area contributed by atoms with E-state index in [9.17, 15) is 14.8 Å². The van der Waals surface area contributed by atoms with E-state index < -0.39 is 11.8 Å². The van der Waals surface area contributed by atoms with Crippen LogP contribution in [0.1, 0.15) is 40.4 Å². The second kappa shape index (κ2) is 7.77. The summed E-state index contributed by atoms with van der Waals surface area (Å²) < 4.78 is 11.1. The van der Waals surface area contributed by atoms with Crippen molar-refractivity contribution in [1.82, 2.24) is 9.97 Å². The van der Waals surface area contributed by atoms with E-state index >= 15 is 0 Å². The van der Waals surface area contributed by atoms with Crippen molar-refractivity contribution in [3.05, 3.63) is 64.9 Å². The molecule has 0 radical (unpaired) electrons. The number of carbonyl (C=O) groups is 2. The van der Waals surface area contributed by atoms with Gasteiger partial charge in [0.2, 0.25) is 11.3 Å². The standard InChI is InChI=1S/C19H17N3O5/c1-3-26-14-4-5-15-17(10-14)22(25)18(12(2)23)16(21-15)11-27-19(24)13-6-8-20-9-7-13/h4-10H,3,11H2,1-2H3. The van der Waals surface area contributed by atoms with Gasteiger partial charge in [-0.3, -0.25) is 9.78 Å². The number of fused-ring (bicyclic) bond motifs is 1. The van der Waals surface area contributed by atoms with Gasteiger partial charge in [-0.1, -0.05) is 0 Å². The lowest BCUT2D eigenvalue weighted by Crippen LogP contribution is -2.37. The van der Waals surface area contributed by atoms with Crippen molar-refractivity contribution >= 4 is 22.8 Å². The lowest BCUT2D eigenvalue weighted by molar-refractivity contribution is -0.580. The molecule has 27 heavy (non-hydrogen) atoms. The van der Waals surface area contributed by atoms with Crippen molar-refractivity contribution in [3.8, 4) is 5.75 Å². The largest absolute Gasteiger partial charge is 0.618 e. The van der Waals surface area contributed by atoms with Crippen molar-refractivity contribution in [3.63, 3.8) is 0 Å². The summed E-state index contributed by atoms with van der Waals surface area (Å²) in [5.74, 6) is -0.572. The smallest absolute Gasteiger partial charge is 0.338 e. The molecule has 0 saturated heterocycles. The summed E-state index contributed by atoms with van der Waals surface area (Å²) in [5, 5.41) is 12.7. The molecule has 0 fully saturated rings. The van der Waals surface area contributed by atoms with Crippen molar-refractivity contribution in [2.45, 2.75) is 20.5 Å². The van der Waals surface area contributed by atoms with Gasteiger partial charge in [0.25, 0.3) is 5.69 Å². The van der Waals surface area contributed by atoms with Crippen molar-refractivity contribution in [2.75, 3.05) is 6.61 Å². The molecule has 0 atom stereocenters. The average Bonchev–Trinajstić information content (AvgIpc) is 2.67. The number of Topliss-reactive ketones (excluding diaryl/α,β-unsaturated/α-hetero) is 1. The molecule has 0 N–H and O–H groups in total. The second-order valence-corrected chi connectivity index (χ2v) is 5.65. The number of carbonyl (C=O) groups excluding carboxylic acids is 2. The zero-order chi connectivity index (χ0) is 19.4. The molecule has 2 aromatic heterocycles. The number of esters is 1. The molecule has 0 saturated carbocycles. The fourth-order valence-corrected chi connectivity index (χ4v) is 2.60. The van der Waals surface area contributed by atoms with Crippen LogP contribution >= 0.6 is 0 Å². The van der Waals surface area contributed by atoms with Gasteiger partial charge in [0.1, 0.15) is 17.9 Å². The third-order valence-electron chi connectivity index (χ3n) is 3.80. The van der Waals surface area contributed by atoms with Crippen molar-refractivity contribution < 1.29 is 23.8 Å². The highest BCUT2D eigenvalue weighted by Gasteiger charge is 2.24. The first-order chi connectivity index (χ1) is 13.0. The summed E-state index contributed by atoms with van der Waals surface area (Å²) >= 11 is 0. The van der Waals surface area contributed by atoms with Crippen LogP contribution in [0, 0.1) is 5.21 Å². The quantitative estimate of drug-likeness (QED) is 0.285. The number of pyridine rings is 1. The molecule has 8 heteroatoms. The third kappa shape index (κ3) is 3.84. The third-order valence-corrected chi connectivity index (χ3v) is 3.80. The van der Waals surface area contributed by atoms with Gasteiger partial charge < -0.3 is 14.7 Å². The van der Waals surface area contributed by atoms with Crippen LogP contribution in [0.4, 0.5) is 0 Å². The van der Waals surface area contributed by atoms with Crippen LogP contribution in [-0.2, 0) is 11.3 Å². The first kappa shape index (κ1) is 18.2. The molecule has 0 aliphatic carbocycles. The van der Waals surface area contributed by atoms with E-state index in [1.54, 1.807) is 12.1 Å². The van der Waals surface area contributed by atoms with Gasteiger partial charge in [0, 0.05) is 19.3 Å². The first-order valence-corrected chi connectivity index (χ1v) is 8.28. The number of nitrogens with zero attached hydrogens (tertiary/aromatic N) is 3. The number of hydrogen-bond acceptors (Lipinski definition) is 7. The SMILES string of the molecule is CCOc1ccc2nc(COC(=O)c3ccncc3)c(C(C)=O)[n+]([O-])c2c1. The van der Waals surface area contributed by atoms with Gasteiger partial charge in [-0.2, -0.15) is 4.73 Å². The molecular formula is C19H17N3O5. The van der Waals surface area contributed by atoms with Crippen molar-refractivity contribution in [2.24, 2.45) is 0 Å². The summed E-state index contributed by atoms with van der Waals surface area (Å²) in [5.41, 5.74) is 0.811. The van der Waals surface area contributed by atoms with Crippen LogP contribution in [-0.4, -0.2) is 28.3 Å². The molecule has 3 rings (SSSR count). The van der Waals surface area contributed by atoms with Crippen LogP contribution in [0.3, 0.4) is 0 Å². The maximum atomic E-state index is 12.7. The van der Waals surface area contributed by atoms with Crippen LogP contribution in [0.2, 0.25) is 0 Å². The molecular weight excluding hydrogens is 350 g/mol. The Morgan fingerprint density at radius 3 is 2.59 bits per heavy atom. The highest BCUT2D eigenvalue weighted by Crippen LogP contribution is 2.19. The molecule has 8 nitrogen and oxygen atoms in total. The minimum absolute atomic E-state index is 0.0940. The minimum atomic E-state index is -0.599. The highest BCUT2D eigenvalue weighted by molar-refractivity contribution is 5.93. The molecule has 138 valence electrons. The van der Waals surface area contributed by atoms with E-state index in [0.717, 1.165) is 0 Å². The Hall–Kier alpha value is -3.55. The Morgan fingerprint density at radius 1 is 1.19 bits per heavy atom. The average molecular weight is 367 g/mol. The Morgan fingerprint density at radius 2 is 1.93 bits per heavy atom. The number of aromatic nitrogens is 3. The molecule has 0 amide bonds. The number of benzene rings is 1. The number of ether oxygens (including phenoxy) is 2. The van der Waals surface area contributed by atoms with Gasteiger partial charge in [-0.25, -0.2) is 9.78 Å². The lowest BCUT2D eigenvalue weighted by atomic mass is 10.2. The second-order valence-electron chi connectivity index (χ2n) is 5.65. The molecule has 0 aliphatic heterocycles. The maximum absolute atomic E-state index is 12.7. The number of rotatable bonds is 6. The van der Waals surface area contributed by atoms with E-state index in [-0.39, 0.29) is 23.5 Å². The van der Waals surface area contributed by atoms with Crippen LogP contribution < -0.4 is 9.47 Å².